The number of nitrogens with zero attached hydrogens (tertiary/aromatic N) is 1. The van der Waals surface area contributed by atoms with Crippen molar-refractivity contribution in [2.75, 3.05) is 26.2 Å². The molecule has 1 aliphatic carbocycles. The summed E-state index contributed by atoms with van der Waals surface area (Å²) in [6.45, 7) is 4.36. The van der Waals surface area contributed by atoms with Gasteiger partial charge in [-0.15, -0.1) is 12.4 Å². The van der Waals surface area contributed by atoms with Crippen molar-refractivity contribution in [3.63, 3.8) is 0 Å². The summed E-state index contributed by atoms with van der Waals surface area (Å²) in [5.41, 5.74) is 2.43. The summed E-state index contributed by atoms with van der Waals surface area (Å²) in [6.07, 6.45) is 6.67. The van der Waals surface area contributed by atoms with Crippen molar-refractivity contribution in [3.8, 4) is 0 Å². The Bertz CT molecular complexity index is 632. The number of aryl methyl sites for hydroxylation is 1. The van der Waals surface area contributed by atoms with Crippen LogP contribution in [-0.4, -0.2) is 49.1 Å². The number of amides is 3. The molecule has 1 aromatic carbocycles. The van der Waals surface area contributed by atoms with Gasteiger partial charge >= 0.3 is 6.03 Å². The van der Waals surface area contributed by atoms with E-state index in [0.717, 1.165) is 37.9 Å². The van der Waals surface area contributed by atoms with Gasteiger partial charge in [0.2, 0.25) is 5.91 Å². The highest BCUT2D eigenvalue weighted by molar-refractivity contribution is 5.85. The molecule has 2 aliphatic rings. The monoisotopic (exact) mass is 408 g/mol. The Morgan fingerprint density at radius 3 is 2.54 bits per heavy atom. The first-order valence-electron chi connectivity index (χ1n) is 10.3. The second-order valence-corrected chi connectivity index (χ2v) is 7.56. The van der Waals surface area contributed by atoms with E-state index < -0.39 is 0 Å². The van der Waals surface area contributed by atoms with Crippen LogP contribution < -0.4 is 16.0 Å². The first-order chi connectivity index (χ1) is 13.2. The van der Waals surface area contributed by atoms with Crippen LogP contribution >= 0.6 is 12.4 Å². The Morgan fingerprint density at radius 2 is 1.86 bits per heavy atom. The summed E-state index contributed by atoms with van der Waals surface area (Å²) < 4.78 is 0. The molecule has 0 bridgehead atoms. The summed E-state index contributed by atoms with van der Waals surface area (Å²) in [5, 5.41) is 9.13. The highest BCUT2D eigenvalue weighted by Gasteiger charge is 2.28. The van der Waals surface area contributed by atoms with Crippen LogP contribution in [0.3, 0.4) is 0 Å². The molecule has 1 heterocycles. The van der Waals surface area contributed by atoms with Gasteiger partial charge in [0.05, 0.1) is 12.6 Å². The zero-order valence-electron chi connectivity index (χ0n) is 16.7. The molecular formula is C21H33ClN4O2. The molecule has 6 nitrogen and oxygen atoms in total. The number of hydrogen-bond donors (Lipinski definition) is 3. The molecule has 1 saturated carbocycles. The number of carbonyl (C=O) groups is 2. The summed E-state index contributed by atoms with van der Waals surface area (Å²) in [7, 11) is 0. The largest absolute Gasteiger partial charge is 0.335 e. The summed E-state index contributed by atoms with van der Waals surface area (Å²) in [5.74, 6) is -0.0279. The van der Waals surface area contributed by atoms with Crippen molar-refractivity contribution in [1.82, 2.24) is 20.9 Å². The molecular weight excluding hydrogens is 376 g/mol. The molecule has 3 N–H and O–H groups in total. The van der Waals surface area contributed by atoms with Crippen molar-refractivity contribution in [2.45, 2.75) is 57.5 Å². The molecule has 156 valence electrons. The Morgan fingerprint density at radius 1 is 1.14 bits per heavy atom. The normalized spacial score (nSPS) is 20.2. The van der Waals surface area contributed by atoms with E-state index in [1.165, 1.54) is 24.8 Å². The third-order valence-corrected chi connectivity index (χ3v) is 5.68. The predicted octanol–water partition coefficient (Wildman–Crippen LogP) is 2.78. The van der Waals surface area contributed by atoms with Crippen LogP contribution in [0, 0.1) is 0 Å². The van der Waals surface area contributed by atoms with E-state index in [-0.39, 0.29) is 43.0 Å². The van der Waals surface area contributed by atoms with Gasteiger partial charge in [-0.05, 0) is 30.4 Å². The second-order valence-electron chi connectivity index (χ2n) is 7.56. The summed E-state index contributed by atoms with van der Waals surface area (Å²) >= 11 is 0. The molecule has 0 radical (unpaired) electrons. The molecule has 3 rings (SSSR count). The van der Waals surface area contributed by atoms with Crippen LogP contribution in [0.1, 0.15) is 56.2 Å². The van der Waals surface area contributed by atoms with Gasteiger partial charge in [0.15, 0.2) is 0 Å². The van der Waals surface area contributed by atoms with Gasteiger partial charge in [0, 0.05) is 25.7 Å². The number of hydrogen-bond acceptors (Lipinski definition) is 3. The fraction of sp³-hybridized carbons (Fsp3) is 0.619. The molecule has 7 heteroatoms. The molecule has 0 spiro atoms. The van der Waals surface area contributed by atoms with E-state index in [4.69, 9.17) is 0 Å². The van der Waals surface area contributed by atoms with Crippen molar-refractivity contribution in [1.29, 1.82) is 0 Å². The van der Waals surface area contributed by atoms with Crippen molar-refractivity contribution in [3.05, 3.63) is 35.4 Å². The lowest BCUT2D eigenvalue weighted by molar-refractivity contribution is -0.133. The Hall–Kier alpha value is -1.79. The van der Waals surface area contributed by atoms with Crippen molar-refractivity contribution < 1.29 is 9.59 Å². The van der Waals surface area contributed by atoms with E-state index in [2.05, 4.69) is 47.1 Å². The van der Waals surface area contributed by atoms with Gasteiger partial charge in [0.25, 0.3) is 0 Å². The molecule has 1 unspecified atom stereocenters. The number of urea groups is 1. The topological polar surface area (TPSA) is 73.5 Å². The summed E-state index contributed by atoms with van der Waals surface area (Å²) in [6, 6.07) is 8.51. The van der Waals surface area contributed by atoms with E-state index in [0.29, 0.717) is 6.54 Å². The third-order valence-electron chi connectivity index (χ3n) is 5.68. The third kappa shape index (κ3) is 6.11. The number of nitrogens with one attached hydrogen (secondary N) is 3. The fourth-order valence-corrected chi connectivity index (χ4v) is 4.02. The minimum atomic E-state index is -0.228. The maximum atomic E-state index is 12.8. The van der Waals surface area contributed by atoms with Gasteiger partial charge in [-0.1, -0.05) is 50.5 Å². The molecule has 3 amide bonds. The van der Waals surface area contributed by atoms with E-state index in [9.17, 15) is 9.59 Å². The maximum Gasteiger partial charge on any atom is 0.315 e. The van der Waals surface area contributed by atoms with E-state index in [1.54, 1.807) is 0 Å². The van der Waals surface area contributed by atoms with Crippen LogP contribution in [0.2, 0.25) is 0 Å². The quantitative estimate of drug-likeness (QED) is 0.701. The van der Waals surface area contributed by atoms with Gasteiger partial charge in [-0.2, -0.15) is 0 Å². The average Bonchev–Trinajstić information content (AvgIpc) is 2.73. The van der Waals surface area contributed by atoms with E-state index in [1.807, 2.05) is 4.90 Å². The summed E-state index contributed by atoms with van der Waals surface area (Å²) in [4.78, 5) is 26.8. The van der Waals surface area contributed by atoms with Crippen molar-refractivity contribution >= 4 is 24.3 Å². The highest BCUT2D eigenvalue weighted by atomic mass is 35.5. The van der Waals surface area contributed by atoms with Gasteiger partial charge in [-0.3, -0.25) is 4.79 Å². The molecule has 28 heavy (non-hydrogen) atoms. The SMILES string of the molecule is CCc1ccc(C2CNCCN2C(=O)CNC(=O)NC2CCCCC2)cc1.Cl. The zero-order chi connectivity index (χ0) is 19.1. The lowest BCUT2D eigenvalue weighted by Gasteiger charge is -2.36. The van der Waals surface area contributed by atoms with Crippen LogP contribution in [0.5, 0.6) is 0 Å². The number of halogens is 1. The Labute approximate surface area is 174 Å². The Kier molecular flexibility index (Phi) is 9.06. The molecule has 1 aromatic rings. The van der Waals surface area contributed by atoms with Gasteiger partial charge in [0.1, 0.15) is 0 Å². The molecule has 1 saturated heterocycles. The van der Waals surface area contributed by atoms with Gasteiger partial charge < -0.3 is 20.9 Å². The van der Waals surface area contributed by atoms with Crippen molar-refractivity contribution in [2.24, 2.45) is 0 Å². The van der Waals surface area contributed by atoms with Gasteiger partial charge in [-0.25, -0.2) is 4.79 Å². The number of piperazine rings is 1. The number of benzene rings is 1. The van der Waals surface area contributed by atoms with E-state index >= 15 is 0 Å². The minimum absolute atomic E-state index is 0. The minimum Gasteiger partial charge on any atom is -0.335 e. The molecule has 1 aliphatic heterocycles. The maximum absolute atomic E-state index is 12.8. The second kappa shape index (κ2) is 11.3. The highest BCUT2D eigenvalue weighted by Crippen LogP contribution is 2.23. The van der Waals surface area contributed by atoms with Crippen LogP contribution in [-0.2, 0) is 11.2 Å². The average molecular weight is 409 g/mol. The predicted molar refractivity (Wildman–Crippen MR) is 114 cm³/mol. The lowest BCUT2D eigenvalue weighted by atomic mass is 9.96. The number of rotatable bonds is 5. The fourth-order valence-electron chi connectivity index (χ4n) is 4.02. The Balaban J connectivity index is 0.00000280. The van der Waals surface area contributed by atoms with Crippen LogP contribution in [0.4, 0.5) is 4.79 Å². The molecule has 2 fully saturated rings. The zero-order valence-corrected chi connectivity index (χ0v) is 17.5. The lowest BCUT2D eigenvalue weighted by Crippen LogP contribution is -2.52. The van der Waals surface area contributed by atoms with Crippen LogP contribution in [0.25, 0.3) is 0 Å². The first-order valence-corrected chi connectivity index (χ1v) is 10.3. The van der Waals surface area contributed by atoms with Crippen LogP contribution in [0.15, 0.2) is 24.3 Å². The number of carbonyl (C=O) groups excluding carboxylic acids is 2. The smallest absolute Gasteiger partial charge is 0.315 e. The first kappa shape index (κ1) is 22.5. The standard InChI is InChI=1S/C21H32N4O2.ClH/c1-2-16-8-10-17(11-9-16)19-14-22-12-13-25(19)20(26)15-23-21(27)24-18-6-4-3-5-7-18;/h8-11,18-19,22H,2-7,12-15H2,1H3,(H2,23,24,27);1H. The molecule has 1 atom stereocenters. The molecule has 0 aromatic heterocycles.